The fourth-order valence-electron chi connectivity index (χ4n) is 1.99. The SMILES string of the molecule is CCCCN(C)CC(=O)N(C)Cc1cccc(OC)c1. The predicted molar refractivity (Wildman–Crippen MR) is 81.9 cm³/mol. The zero-order valence-corrected chi connectivity index (χ0v) is 13.1. The van der Waals surface area contributed by atoms with Gasteiger partial charge in [0.15, 0.2) is 0 Å². The Morgan fingerprint density at radius 1 is 1.30 bits per heavy atom. The summed E-state index contributed by atoms with van der Waals surface area (Å²) in [4.78, 5) is 16.0. The molecule has 1 aromatic carbocycles. The highest BCUT2D eigenvalue weighted by Gasteiger charge is 2.12. The third-order valence-electron chi connectivity index (χ3n) is 3.28. The Morgan fingerprint density at radius 3 is 2.70 bits per heavy atom. The molecular formula is C16H26N2O2. The van der Waals surface area contributed by atoms with Crippen LogP contribution >= 0.6 is 0 Å². The molecule has 0 saturated heterocycles. The molecule has 0 aliphatic heterocycles. The highest BCUT2D eigenvalue weighted by molar-refractivity contribution is 5.77. The van der Waals surface area contributed by atoms with Crippen molar-refractivity contribution < 1.29 is 9.53 Å². The van der Waals surface area contributed by atoms with Gasteiger partial charge in [0.2, 0.25) is 5.91 Å². The van der Waals surface area contributed by atoms with Gasteiger partial charge in [-0.25, -0.2) is 0 Å². The Kier molecular flexibility index (Phi) is 7.09. The van der Waals surface area contributed by atoms with Crippen LogP contribution < -0.4 is 4.74 Å². The molecule has 1 rings (SSSR count). The highest BCUT2D eigenvalue weighted by atomic mass is 16.5. The maximum Gasteiger partial charge on any atom is 0.236 e. The second kappa shape index (κ2) is 8.59. The fraction of sp³-hybridized carbons (Fsp3) is 0.562. The van der Waals surface area contributed by atoms with Crippen LogP contribution in [0.5, 0.6) is 5.75 Å². The van der Waals surface area contributed by atoms with Crippen LogP contribution in [0.3, 0.4) is 0 Å². The van der Waals surface area contributed by atoms with E-state index in [0.717, 1.165) is 30.7 Å². The molecule has 20 heavy (non-hydrogen) atoms. The molecule has 1 amide bonds. The number of ether oxygens (including phenoxy) is 1. The van der Waals surface area contributed by atoms with E-state index in [-0.39, 0.29) is 5.91 Å². The first-order chi connectivity index (χ1) is 9.56. The van der Waals surface area contributed by atoms with Crippen LogP contribution in [0.4, 0.5) is 0 Å². The van der Waals surface area contributed by atoms with Crippen molar-refractivity contribution in [2.24, 2.45) is 0 Å². The van der Waals surface area contributed by atoms with Crippen LogP contribution in [-0.2, 0) is 11.3 Å². The number of amides is 1. The molecule has 4 nitrogen and oxygen atoms in total. The summed E-state index contributed by atoms with van der Waals surface area (Å²) in [7, 11) is 5.49. The molecule has 1 aromatic rings. The third kappa shape index (κ3) is 5.61. The van der Waals surface area contributed by atoms with Gasteiger partial charge in [-0.1, -0.05) is 25.5 Å². The van der Waals surface area contributed by atoms with Gasteiger partial charge in [0.25, 0.3) is 0 Å². The summed E-state index contributed by atoms with van der Waals surface area (Å²) in [6.45, 7) is 4.21. The largest absolute Gasteiger partial charge is 0.497 e. The van der Waals surface area contributed by atoms with Crippen molar-refractivity contribution >= 4 is 5.91 Å². The number of unbranched alkanes of at least 4 members (excludes halogenated alkanes) is 1. The van der Waals surface area contributed by atoms with E-state index in [0.29, 0.717) is 13.1 Å². The topological polar surface area (TPSA) is 32.8 Å². The lowest BCUT2D eigenvalue weighted by Gasteiger charge is -2.22. The lowest BCUT2D eigenvalue weighted by atomic mass is 10.2. The molecule has 0 unspecified atom stereocenters. The molecule has 0 N–H and O–H groups in total. The van der Waals surface area contributed by atoms with Crippen molar-refractivity contribution in [1.82, 2.24) is 9.80 Å². The Balaban J connectivity index is 2.48. The first-order valence-corrected chi connectivity index (χ1v) is 7.12. The van der Waals surface area contributed by atoms with Gasteiger partial charge in [-0.3, -0.25) is 9.69 Å². The summed E-state index contributed by atoms with van der Waals surface area (Å²) >= 11 is 0. The van der Waals surface area contributed by atoms with E-state index in [1.54, 1.807) is 12.0 Å². The summed E-state index contributed by atoms with van der Waals surface area (Å²) in [6.07, 6.45) is 2.28. The van der Waals surface area contributed by atoms with Gasteiger partial charge >= 0.3 is 0 Å². The highest BCUT2D eigenvalue weighted by Crippen LogP contribution is 2.13. The number of carbonyl (C=O) groups excluding carboxylic acids is 1. The molecule has 0 atom stereocenters. The van der Waals surface area contributed by atoms with Crippen LogP contribution in [-0.4, -0.2) is 50.0 Å². The molecule has 0 spiro atoms. The second-order valence-corrected chi connectivity index (χ2v) is 5.19. The summed E-state index contributed by atoms with van der Waals surface area (Å²) in [5.74, 6) is 0.967. The zero-order chi connectivity index (χ0) is 15.0. The molecule has 0 aliphatic carbocycles. The van der Waals surface area contributed by atoms with Crippen molar-refractivity contribution in [2.75, 3.05) is 34.3 Å². The van der Waals surface area contributed by atoms with Crippen LogP contribution in [0.25, 0.3) is 0 Å². The maximum atomic E-state index is 12.1. The molecule has 112 valence electrons. The maximum absolute atomic E-state index is 12.1. The van der Waals surface area contributed by atoms with Gasteiger partial charge in [0.05, 0.1) is 13.7 Å². The van der Waals surface area contributed by atoms with Crippen molar-refractivity contribution in [1.29, 1.82) is 0 Å². The Bertz CT molecular complexity index is 421. The number of carbonyl (C=O) groups is 1. The van der Waals surface area contributed by atoms with E-state index in [9.17, 15) is 4.79 Å². The van der Waals surface area contributed by atoms with E-state index >= 15 is 0 Å². The van der Waals surface area contributed by atoms with Crippen LogP contribution in [0.2, 0.25) is 0 Å². The number of hydrogen-bond acceptors (Lipinski definition) is 3. The molecular weight excluding hydrogens is 252 g/mol. The first kappa shape index (κ1) is 16.5. The van der Waals surface area contributed by atoms with Crippen LogP contribution in [0, 0.1) is 0 Å². The van der Waals surface area contributed by atoms with Gasteiger partial charge in [0.1, 0.15) is 5.75 Å². The number of methoxy groups -OCH3 is 1. The number of likely N-dealkylation sites (N-methyl/N-ethyl adjacent to an activating group) is 2. The lowest BCUT2D eigenvalue weighted by Crippen LogP contribution is -2.36. The molecule has 0 radical (unpaired) electrons. The zero-order valence-electron chi connectivity index (χ0n) is 13.1. The van der Waals surface area contributed by atoms with E-state index in [1.165, 1.54) is 0 Å². The molecule has 0 aromatic heterocycles. The van der Waals surface area contributed by atoms with E-state index in [2.05, 4.69) is 11.8 Å². The Labute approximate surface area is 122 Å². The Morgan fingerprint density at radius 2 is 2.05 bits per heavy atom. The van der Waals surface area contributed by atoms with E-state index in [4.69, 9.17) is 4.74 Å². The summed E-state index contributed by atoms with van der Waals surface area (Å²) in [5.41, 5.74) is 1.08. The molecule has 0 saturated carbocycles. The average molecular weight is 278 g/mol. The van der Waals surface area contributed by atoms with Crippen molar-refractivity contribution in [3.63, 3.8) is 0 Å². The summed E-state index contributed by atoms with van der Waals surface area (Å²) in [5, 5.41) is 0. The van der Waals surface area contributed by atoms with Gasteiger partial charge in [-0.05, 0) is 37.7 Å². The average Bonchev–Trinajstić information content (AvgIpc) is 2.45. The van der Waals surface area contributed by atoms with Crippen molar-refractivity contribution in [2.45, 2.75) is 26.3 Å². The number of rotatable bonds is 8. The van der Waals surface area contributed by atoms with Gasteiger partial charge < -0.3 is 9.64 Å². The van der Waals surface area contributed by atoms with Gasteiger partial charge in [0, 0.05) is 13.6 Å². The van der Waals surface area contributed by atoms with Crippen LogP contribution in [0.1, 0.15) is 25.3 Å². The second-order valence-electron chi connectivity index (χ2n) is 5.19. The van der Waals surface area contributed by atoms with Gasteiger partial charge in [-0.2, -0.15) is 0 Å². The van der Waals surface area contributed by atoms with E-state index < -0.39 is 0 Å². The minimum atomic E-state index is 0.145. The molecule has 4 heteroatoms. The number of nitrogens with zero attached hydrogens (tertiary/aromatic N) is 2. The molecule has 0 bridgehead atoms. The van der Waals surface area contributed by atoms with Crippen LogP contribution in [0.15, 0.2) is 24.3 Å². The van der Waals surface area contributed by atoms with E-state index in [1.807, 2.05) is 38.4 Å². The minimum Gasteiger partial charge on any atom is -0.497 e. The molecule has 0 fully saturated rings. The molecule has 0 heterocycles. The lowest BCUT2D eigenvalue weighted by molar-refractivity contribution is -0.131. The summed E-state index contributed by atoms with van der Waals surface area (Å²) in [6, 6.07) is 7.82. The minimum absolute atomic E-state index is 0.145. The molecule has 0 aliphatic rings. The smallest absolute Gasteiger partial charge is 0.236 e. The number of benzene rings is 1. The predicted octanol–water partition coefficient (Wildman–Crippen LogP) is 2.39. The Hall–Kier alpha value is -1.55. The fourth-order valence-corrected chi connectivity index (χ4v) is 1.99. The van der Waals surface area contributed by atoms with Gasteiger partial charge in [-0.15, -0.1) is 0 Å². The normalized spacial score (nSPS) is 10.7. The summed E-state index contributed by atoms with van der Waals surface area (Å²) < 4.78 is 5.19. The third-order valence-corrected chi connectivity index (χ3v) is 3.28. The van der Waals surface area contributed by atoms with Crippen molar-refractivity contribution in [3.05, 3.63) is 29.8 Å². The van der Waals surface area contributed by atoms with Crippen molar-refractivity contribution in [3.8, 4) is 5.75 Å². The standard InChI is InChI=1S/C16H26N2O2/c1-5-6-10-17(2)13-16(19)18(3)12-14-8-7-9-15(11-14)20-4/h7-9,11H,5-6,10,12-13H2,1-4H3. The monoisotopic (exact) mass is 278 g/mol. The quantitative estimate of drug-likeness (QED) is 0.732. The first-order valence-electron chi connectivity index (χ1n) is 7.12. The number of hydrogen-bond donors (Lipinski definition) is 0.